The Hall–Kier alpha value is -15.8. The average Bonchev–Trinajstić information content (AvgIpc) is 0.715. The standard InChI is InChI=1S/C16H8F6N2O2.C14H12N2O2.C10H6N2O2.C8H18.C7H10N2O.C7H13NO.C7H9N.C6H12.C4H7Br.2C3H4N2O2.C3H5NO.C3H7N.3C3H6.2CHNO.CH4.2HNO.3H2O/c17-15(18,19)14(16(20,21)22,11-3-7-13(24-26)8-4-11)10-1-5-12(6-2-10)23-9-25;1-9-7-11(3-5-13(9)15-17)12-4-6-14(16-18)10(2)8-12;13-11-9-5-1-3-7-8(9)4-2-6-10(7)12-14;1-3-5-7-8-6-4-2;1-5-2-3-6(8)4-7(5)9-10;1-6-2-4-7(8-9)5-3-6;1-6-2-4-7(8)5-3-6;1-2-4-6-5-3-1;1-2-3-4-5;2*6-4-2-1-3-5-7;1-2-3-4-5;1-2-3-4;3*1-3-2;2*2-1-3;;2*1-2;;;/h1-8H;3-8H,1-2H3;1-6H;3-8H2,1-2H3;2-3,6H,4,8H2,1H3;6-7H,2-5H2,1H3;2-5H,8H2,1H3;1-6H2;2-3H,4H2,1H3;2*1-2H,3H2;2H,1,3H2;2-3H,4H2,1H3;3*3H,1H2,2H3;2*2H;1H4;2*1H;3*1H2/b;;;;;;;;3-2+;2*2-1+;;3-2+;;;;;;;;;;;. The lowest BCUT2D eigenvalue weighted by Crippen LogP contribution is -2.54. The van der Waals surface area contributed by atoms with E-state index < -0.39 is 28.9 Å². The van der Waals surface area contributed by atoms with Crippen LogP contribution in [0.15, 0.2) is 336 Å². The number of rotatable bonds is 25. The third-order valence-electron chi connectivity index (χ3n) is 17.9. The maximum Gasteiger partial charge on any atom is 0.411 e. The van der Waals surface area contributed by atoms with Gasteiger partial charge in [0, 0.05) is 34.3 Å². The number of nitrogens with one attached hydrogen (secondary N) is 4. The van der Waals surface area contributed by atoms with Gasteiger partial charge in [-0.15, -0.1) is 65.6 Å². The zero-order valence-corrected chi connectivity index (χ0v) is 87.6. The molecule has 1 atom stereocenters. The summed E-state index contributed by atoms with van der Waals surface area (Å²) in [5, 5.41) is 45.2. The van der Waals surface area contributed by atoms with E-state index in [1.165, 1.54) is 120 Å². The Kier molecular flexibility index (Phi) is 130. The van der Waals surface area contributed by atoms with Crippen LogP contribution in [0.5, 0.6) is 0 Å². The van der Waals surface area contributed by atoms with Crippen LogP contribution in [0.2, 0.25) is 0 Å². The van der Waals surface area contributed by atoms with Gasteiger partial charge in [0.2, 0.25) is 23.7 Å². The molecule has 16 N–H and O–H groups in total. The molecule has 7 aromatic carbocycles. The van der Waals surface area contributed by atoms with E-state index in [4.69, 9.17) is 52.3 Å². The minimum atomic E-state index is -5.75. The van der Waals surface area contributed by atoms with Crippen LogP contribution in [-0.4, -0.2) is 84.1 Å². The van der Waals surface area contributed by atoms with Crippen molar-refractivity contribution in [1.29, 1.82) is 22.0 Å². The number of benzene rings is 7. The molecule has 2 fully saturated rings. The maximum atomic E-state index is 13.8. The summed E-state index contributed by atoms with van der Waals surface area (Å²) < 4.78 is 82.7. The molecule has 3 aliphatic carbocycles. The van der Waals surface area contributed by atoms with Crippen molar-refractivity contribution in [1.82, 2.24) is 0 Å². The van der Waals surface area contributed by atoms with Gasteiger partial charge in [0.1, 0.15) is 41.5 Å². The van der Waals surface area contributed by atoms with Gasteiger partial charge >= 0.3 is 12.4 Å². The first-order valence-electron chi connectivity index (χ1n) is 44.6. The highest BCUT2D eigenvalue weighted by molar-refractivity contribution is 9.09. The third-order valence-corrected chi connectivity index (χ3v) is 18.3. The summed E-state index contributed by atoms with van der Waals surface area (Å²) in [6.45, 7) is 37.5. The molecular weight excluding hydrogens is 2030 g/mol. The van der Waals surface area contributed by atoms with Crippen LogP contribution in [0.3, 0.4) is 0 Å². The number of unbranched alkanes of at least 4 members (excludes halogenated alkanes) is 5. The SMILES string of the molecule is C.C/C=C/CBr.C/C=C/N.C1CCCCC1.C=CC.C=CC.C=CC.C=CCN=O.CC1=C(N=O)CC(N)C=C1.CC1CCC(N=O)CC1.CCCCCCCC.Cc1cc(-c2ccc(N=O)c(C)c2)ccc1N=O.Cc1ccc(N)cc1.N=C=O.N=C=O.N=O.N=O.O.O.O.O=C=Nc1ccc(C(c2ccc(N=O)cc2)(C(F)(F)F)C(F)(F)F)cc1.O=N/C=C/CN=O.O=N/C=C/CN=O.O=Nc1cccc2c(N=O)cccc12. The number of carbonyl (C=O) groups excluding carboxylic acids is 3. The molecule has 10 rings (SSSR count). The smallest absolute Gasteiger partial charge is 0.411 e. The van der Waals surface area contributed by atoms with E-state index in [2.05, 4.69) is 141 Å². The molecule has 1 unspecified atom stereocenters. The molecule has 0 bridgehead atoms. The molecule has 47 heteroatoms. The fraction of sp³-hybridized carbons (Fsp3) is 0.388. The van der Waals surface area contributed by atoms with E-state index in [1.54, 1.807) is 72.8 Å². The van der Waals surface area contributed by atoms with E-state index in [9.17, 15) is 85.1 Å². The van der Waals surface area contributed by atoms with Crippen molar-refractivity contribution in [3.8, 4) is 11.1 Å². The summed E-state index contributed by atoms with van der Waals surface area (Å²) in [4.78, 5) is 163. The second kappa shape index (κ2) is 118. The molecule has 7 aromatic rings. The quantitative estimate of drug-likeness (QED) is 0.00408. The minimum Gasteiger partial charge on any atom is -0.412 e. The first-order valence-corrected chi connectivity index (χ1v) is 45.7. The first-order chi connectivity index (χ1) is 70.0. The number of anilines is 1. The van der Waals surface area contributed by atoms with Gasteiger partial charge < -0.3 is 33.6 Å². The van der Waals surface area contributed by atoms with Gasteiger partial charge in [0.05, 0.1) is 36.4 Å². The number of halogens is 7. The molecular formula is C103H147BrF6N20O20. The maximum absolute atomic E-state index is 13.8. The lowest BCUT2D eigenvalue weighted by molar-refractivity contribution is -0.288. The molecule has 828 valence electrons. The Morgan fingerprint density at radius 2 is 0.833 bits per heavy atom. The van der Waals surface area contributed by atoms with Crippen molar-refractivity contribution >= 4 is 84.8 Å². The highest BCUT2D eigenvalue weighted by atomic mass is 79.9. The van der Waals surface area contributed by atoms with Crippen molar-refractivity contribution in [2.45, 2.75) is 230 Å². The van der Waals surface area contributed by atoms with E-state index in [-0.39, 0.29) is 66.9 Å². The van der Waals surface area contributed by atoms with Crippen LogP contribution < -0.4 is 17.2 Å². The Labute approximate surface area is 880 Å². The molecule has 0 spiro atoms. The summed E-state index contributed by atoms with van der Waals surface area (Å²) in [5.41, 5.74) is 26.5. The molecule has 40 nitrogen and oxygen atoms in total. The van der Waals surface area contributed by atoms with E-state index in [0.717, 1.165) is 113 Å². The number of isocyanates is 3. The van der Waals surface area contributed by atoms with E-state index >= 15 is 0 Å². The van der Waals surface area contributed by atoms with Gasteiger partial charge in [0.25, 0.3) is 0 Å². The molecule has 0 radical (unpaired) electrons. The van der Waals surface area contributed by atoms with E-state index in [1.807, 2.05) is 135 Å². The number of nitrogens with two attached hydrogens (primary N) is 3. The molecule has 0 saturated heterocycles. The molecule has 0 aliphatic heterocycles. The number of nitrogen functional groups attached to an aromatic ring is 1. The van der Waals surface area contributed by atoms with Crippen LogP contribution in [-0.2, 0) is 19.8 Å². The lowest BCUT2D eigenvalue weighted by atomic mass is 9.73. The number of alkyl halides is 7. The van der Waals surface area contributed by atoms with Crippen LogP contribution in [0.1, 0.15) is 207 Å². The summed E-state index contributed by atoms with van der Waals surface area (Å²) in [7, 11) is 0. The van der Waals surface area contributed by atoms with Crippen LogP contribution in [0.25, 0.3) is 21.9 Å². The van der Waals surface area contributed by atoms with E-state index in [0.29, 0.717) is 69.9 Å². The van der Waals surface area contributed by atoms with Crippen molar-refractivity contribution < 1.29 is 57.2 Å². The molecule has 150 heavy (non-hydrogen) atoms. The zero-order valence-electron chi connectivity index (χ0n) is 86.0. The Balaban J connectivity index is -0.000000113. The zero-order chi connectivity index (χ0) is 114. The van der Waals surface area contributed by atoms with Gasteiger partial charge in [-0.2, -0.15) is 60.8 Å². The molecule has 2 saturated carbocycles. The Morgan fingerprint density at radius 1 is 0.480 bits per heavy atom. The Morgan fingerprint density at radius 3 is 1.07 bits per heavy atom. The average molecular weight is 2180 g/mol. The van der Waals surface area contributed by atoms with Crippen molar-refractivity contribution in [3.63, 3.8) is 0 Å². The van der Waals surface area contributed by atoms with Crippen LogP contribution in [0.4, 0.5) is 66.2 Å². The normalized spacial score (nSPS) is 12.2. The summed E-state index contributed by atoms with van der Waals surface area (Å²) in [6, 6.07) is 34.3. The Bertz CT molecular complexity index is 4830. The fourth-order valence-corrected chi connectivity index (χ4v) is 11.4. The van der Waals surface area contributed by atoms with Crippen LogP contribution in [0, 0.1) is 117 Å². The molecule has 3 aliphatic rings. The van der Waals surface area contributed by atoms with Gasteiger partial charge in [-0.05, 0) is 265 Å². The molecule has 0 heterocycles. The number of aliphatic imine (C=N–C) groups is 1. The van der Waals surface area contributed by atoms with Gasteiger partial charge in [-0.3, -0.25) is 0 Å². The highest BCUT2D eigenvalue weighted by Gasteiger charge is 2.72. The monoisotopic (exact) mass is 2180 g/mol. The van der Waals surface area contributed by atoms with Crippen molar-refractivity contribution in [2.75, 3.05) is 30.7 Å². The second-order valence-electron chi connectivity index (χ2n) is 28.9. The fourth-order valence-electron chi connectivity index (χ4n) is 11.1. The number of nitroso groups, excluding NO2 is 14. The van der Waals surface area contributed by atoms with Gasteiger partial charge in [-0.1, -0.05) is 286 Å². The predicted octanol–water partition coefficient (Wildman–Crippen LogP) is 32.4. The number of nitrogens with zero attached hydrogens (tertiary/aromatic N) is 13. The van der Waals surface area contributed by atoms with Gasteiger partial charge in [0.15, 0.2) is 0 Å². The minimum absolute atomic E-state index is 0. The summed E-state index contributed by atoms with van der Waals surface area (Å²) >= 11 is 3.22. The molecule has 0 amide bonds. The number of fused-ring (bicyclic) bond motifs is 1. The third kappa shape index (κ3) is 86.5. The largest absolute Gasteiger partial charge is 0.412 e. The first kappa shape index (κ1) is 165. The number of allylic oxidation sites excluding steroid dienone is 8. The van der Waals surface area contributed by atoms with Crippen molar-refractivity contribution in [2.24, 2.45) is 84.5 Å². The topological polar surface area (TPSA) is 719 Å². The summed E-state index contributed by atoms with van der Waals surface area (Å²) in [5.74, 6) is 0.822. The number of hydrogen-bond acceptors (Lipinski definition) is 37. The van der Waals surface area contributed by atoms with Gasteiger partial charge in [-0.25, -0.2) is 25.2 Å². The summed E-state index contributed by atoms with van der Waals surface area (Å²) in [6.07, 6.45) is 35.9. The molecule has 0 aromatic heterocycles. The van der Waals surface area contributed by atoms with Crippen molar-refractivity contribution in [3.05, 3.63) is 365 Å². The number of hydrogen-bond donors (Lipinski definition) is 7. The second-order valence-corrected chi connectivity index (χ2v) is 29.6. The highest BCUT2D eigenvalue weighted by Crippen LogP contribution is 2.56. The predicted molar refractivity (Wildman–Crippen MR) is 600 cm³/mol. The number of aryl methyl sites for hydroxylation is 3. The van der Waals surface area contributed by atoms with Crippen LogP contribution >= 0.6 is 15.9 Å². The lowest BCUT2D eigenvalue weighted by Gasteiger charge is -2.38.